The fraction of sp³-hybridized carbons (Fsp3) is 0.857. The highest BCUT2D eigenvalue weighted by Crippen LogP contribution is 2.20. The van der Waals surface area contributed by atoms with Gasteiger partial charge in [0.15, 0.2) is 0 Å². The lowest BCUT2D eigenvalue weighted by Gasteiger charge is -2.27. The Morgan fingerprint density at radius 1 is 1.55 bits per heavy atom. The van der Waals surface area contributed by atoms with Gasteiger partial charge in [0.1, 0.15) is 0 Å². The Labute approximate surface area is 70.9 Å². The summed E-state index contributed by atoms with van der Waals surface area (Å²) in [5, 5.41) is 8.67. The van der Waals surface area contributed by atoms with Gasteiger partial charge in [-0.25, -0.2) is 0 Å². The maximum Gasteiger partial charge on any atom is 0.306 e. The van der Waals surface area contributed by atoms with Gasteiger partial charge >= 0.3 is 5.97 Å². The van der Waals surface area contributed by atoms with Gasteiger partial charge < -0.3 is 5.11 Å². The molecule has 0 atom stereocenters. The van der Waals surface area contributed by atoms with Gasteiger partial charge in [0.2, 0.25) is 0 Å². The molecule has 1 aliphatic heterocycles. The molecule has 0 aromatic rings. The van der Waals surface area contributed by atoms with E-state index in [0.29, 0.717) is 0 Å². The Morgan fingerprint density at radius 2 is 2.09 bits per heavy atom. The van der Waals surface area contributed by atoms with E-state index in [0.717, 1.165) is 25.9 Å². The summed E-state index contributed by atoms with van der Waals surface area (Å²) in [6.45, 7) is 1.83. The average Bonchev–Trinajstić information content (AvgIpc) is 2.05. The van der Waals surface area contributed by atoms with Gasteiger partial charge in [-0.1, -0.05) is 11.9 Å². The number of carboxylic acids is 1. The molecule has 1 fully saturated rings. The van der Waals surface area contributed by atoms with Crippen molar-refractivity contribution in [2.24, 2.45) is 5.92 Å². The van der Waals surface area contributed by atoms with Gasteiger partial charge in [0.25, 0.3) is 0 Å². The summed E-state index contributed by atoms with van der Waals surface area (Å²) in [6.07, 6.45) is 3.63. The molecule has 1 saturated heterocycles. The number of hydrogen-bond acceptors (Lipinski definition) is 3. The summed E-state index contributed by atoms with van der Waals surface area (Å²) >= 11 is 1.70. The van der Waals surface area contributed by atoms with Gasteiger partial charge in [-0.2, -0.15) is 0 Å². The van der Waals surface area contributed by atoms with Crippen molar-refractivity contribution in [1.82, 2.24) is 4.31 Å². The third kappa shape index (κ3) is 2.38. The van der Waals surface area contributed by atoms with Crippen molar-refractivity contribution in [3.63, 3.8) is 0 Å². The molecule has 1 heterocycles. The molecule has 11 heavy (non-hydrogen) atoms. The van der Waals surface area contributed by atoms with E-state index < -0.39 is 5.97 Å². The smallest absolute Gasteiger partial charge is 0.306 e. The quantitative estimate of drug-likeness (QED) is 0.637. The summed E-state index contributed by atoms with van der Waals surface area (Å²) in [5.74, 6) is -0.732. The maximum absolute atomic E-state index is 10.5. The predicted octanol–water partition coefficient (Wildman–Crippen LogP) is 1.06. The van der Waals surface area contributed by atoms with Gasteiger partial charge in [0, 0.05) is 13.1 Å². The molecule has 0 aromatic carbocycles. The Hall–Kier alpha value is -0.220. The van der Waals surface area contributed by atoms with Crippen LogP contribution in [0.2, 0.25) is 0 Å². The molecule has 0 spiro atoms. The standard InChI is InChI=1S/C7H13NO2S/c1-11-8-4-2-6(3-5-8)7(9)10/h6H,2-5H2,1H3,(H,9,10). The average molecular weight is 175 g/mol. The highest BCUT2D eigenvalue weighted by Gasteiger charge is 2.23. The lowest BCUT2D eigenvalue weighted by atomic mass is 9.99. The summed E-state index contributed by atoms with van der Waals surface area (Å²) in [5.41, 5.74) is 0. The van der Waals surface area contributed by atoms with Crippen molar-refractivity contribution in [2.45, 2.75) is 12.8 Å². The van der Waals surface area contributed by atoms with E-state index in [2.05, 4.69) is 4.31 Å². The monoisotopic (exact) mass is 175 g/mol. The fourth-order valence-corrected chi connectivity index (χ4v) is 1.86. The van der Waals surface area contributed by atoms with Crippen LogP contribution in [0, 0.1) is 5.92 Å². The molecule has 0 bridgehead atoms. The van der Waals surface area contributed by atoms with E-state index in [1.54, 1.807) is 11.9 Å². The minimum atomic E-state index is -0.634. The van der Waals surface area contributed by atoms with Crippen LogP contribution in [0.15, 0.2) is 0 Å². The van der Waals surface area contributed by atoms with E-state index in [9.17, 15) is 4.79 Å². The number of aliphatic carboxylic acids is 1. The second-order valence-corrected chi connectivity index (χ2v) is 3.61. The van der Waals surface area contributed by atoms with E-state index >= 15 is 0 Å². The van der Waals surface area contributed by atoms with Crippen molar-refractivity contribution >= 4 is 17.9 Å². The highest BCUT2D eigenvalue weighted by molar-refractivity contribution is 7.96. The van der Waals surface area contributed by atoms with E-state index in [1.165, 1.54) is 0 Å². The lowest BCUT2D eigenvalue weighted by molar-refractivity contribution is -0.142. The second kappa shape index (κ2) is 3.97. The third-order valence-corrected chi connectivity index (χ3v) is 2.94. The lowest BCUT2D eigenvalue weighted by Crippen LogP contribution is -2.31. The summed E-state index contributed by atoms with van der Waals surface area (Å²) in [4.78, 5) is 10.5. The molecule has 0 aromatic heterocycles. The Kier molecular flexibility index (Phi) is 3.20. The zero-order valence-electron chi connectivity index (χ0n) is 6.62. The first kappa shape index (κ1) is 8.87. The van der Waals surface area contributed by atoms with Crippen molar-refractivity contribution in [3.8, 4) is 0 Å². The van der Waals surface area contributed by atoms with Crippen LogP contribution in [0.3, 0.4) is 0 Å². The van der Waals surface area contributed by atoms with Crippen LogP contribution in [-0.2, 0) is 4.79 Å². The minimum Gasteiger partial charge on any atom is -0.481 e. The summed E-state index contributed by atoms with van der Waals surface area (Å²) in [6, 6.07) is 0. The van der Waals surface area contributed by atoms with E-state index in [1.807, 2.05) is 6.26 Å². The first-order chi connectivity index (χ1) is 5.24. The predicted molar refractivity (Wildman–Crippen MR) is 45.4 cm³/mol. The minimum absolute atomic E-state index is 0.0987. The van der Waals surface area contributed by atoms with E-state index in [-0.39, 0.29) is 5.92 Å². The van der Waals surface area contributed by atoms with E-state index in [4.69, 9.17) is 5.11 Å². The molecule has 0 radical (unpaired) electrons. The van der Waals surface area contributed by atoms with Crippen LogP contribution in [0.4, 0.5) is 0 Å². The zero-order valence-corrected chi connectivity index (χ0v) is 7.43. The van der Waals surface area contributed by atoms with Crippen LogP contribution in [-0.4, -0.2) is 34.7 Å². The Balaban J connectivity index is 2.30. The molecule has 1 N–H and O–H groups in total. The Morgan fingerprint density at radius 3 is 2.45 bits per heavy atom. The van der Waals surface area contributed by atoms with Crippen molar-refractivity contribution in [2.75, 3.05) is 19.3 Å². The number of carbonyl (C=O) groups is 1. The summed E-state index contributed by atoms with van der Waals surface area (Å²) < 4.78 is 2.21. The van der Waals surface area contributed by atoms with Gasteiger partial charge in [0.05, 0.1) is 5.92 Å². The third-order valence-electron chi connectivity index (χ3n) is 2.06. The molecule has 1 aliphatic rings. The van der Waals surface area contributed by atoms with Crippen LogP contribution in [0.25, 0.3) is 0 Å². The Bertz CT molecular complexity index is 143. The molecule has 64 valence electrons. The first-order valence-electron chi connectivity index (χ1n) is 3.76. The van der Waals surface area contributed by atoms with Gasteiger partial charge in [-0.15, -0.1) is 0 Å². The maximum atomic E-state index is 10.5. The first-order valence-corrected chi connectivity index (χ1v) is 4.94. The number of carboxylic acid groups (broad SMARTS) is 1. The second-order valence-electron chi connectivity index (χ2n) is 2.72. The van der Waals surface area contributed by atoms with Crippen molar-refractivity contribution < 1.29 is 9.90 Å². The SMILES string of the molecule is CSN1CCC(C(=O)O)CC1. The van der Waals surface area contributed by atoms with Crippen molar-refractivity contribution in [1.29, 1.82) is 0 Å². The number of rotatable bonds is 2. The molecule has 3 nitrogen and oxygen atoms in total. The molecular weight excluding hydrogens is 162 g/mol. The molecule has 0 amide bonds. The van der Waals surface area contributed by atoms with Crippen LogP contribution < -0.4 is 0 Å². The molecule has 0 unspecified atom stereocenters. The highest BCUT2D eigenvalue weighted by atomic mass is 32.2. The molecule has 1 rings (SSSR count). The van der Waals surface area contributed by atoms with Gasteiger partial charge in [-0.3, -0.25) is 9.10 Å². The van der Waals surface area contributed by atoms with Crippen molar-refractivity contribution in [3.05, 3.63) is 0 Å². The van der Waals surface area contributed by atoms with Crippen LogP contribution in [0.5, 0.6) is 0 Å². The molecule has 4 heteroatoms. The van der Waals surface area contributed by atoms with Crippen LogP contribution in [0.1, 0.15) is 12.8 Å². The normalized spacial score (nSPS) is 21.9. The largest absolute Gasteiger partial charge is 0.481 e. The number of piperidine rings is 1. The fourth-order valence-electron chi connectivity index (χ4n) is 1.29. The number of hydrogen-bond donors (Lipinski definition) is 1. The van der Waals surface area contributed by atoms with Crippen LogP contribution >= 0.6 is 11.9 Å². The number of nitrogens with zero attached hydrogens (tertiary/aromatic N) is 1. The molecule has 0 saturated carbocycles. The topological polar surface area (TPSA) is 40.5 Å². The summed E-state index contributed by atoms with van der Waals surface area (Å²) in [7, 11) is 0. The molecular formula is C7H13NO2S. The molecule has 0 aliphatic carbocycles. The zero-order chi connectivity index (χ0) is 8.27. The van der Waals surface area contributed by atoms with Gasteiger partial charge in [-0.05, 0) is 19.1 Å².